The van der Waals surface area contributed by atoms with Crippen molar-refractivity contribution in [2.45, 2.75) is 63.7 Å². The fourth-order valence-electron chi connectivity index (χ4n) is 1.53. The molecule has 19 heteroatoms. The van der Waals surface area contributed by atoms with Gasteiger partial charge in [0.2, 0.25) is 5.24 Å². The van der Waals surface area contributed by atoms with Gasteiger partial charge in [0.15, 0.2) is 0 Å². The van der Waals surface area contributed by atoms with Gasteiger partial charge >= 0.3 is 24.7 Å². The summed E-state index contributed by atoms with van der Waals surface area (Å²) in [4.78, 5) is 20.9. The van der Waals surface area contributed by atoms with E-state index in [2.05, 4.69) is 18.5 Å². The van der Waals surface area contributed by atoms with Gasteiger partial charge in [0.1, 0.15) is 0 Å². The second-order valence-electron chi connectivity index (χ2n) is 9.06. The SMILES string of the molecule is C=C(C)C(=O)Cl.C=C(C)C(=O)Nc1ccccc1.CC(F)(C(F)(F)F)C(F)(F)F.CC(F)(C(F)(F)F)C(F)(F)F.Nc1ccccc1. The molecular weight excluding hydrogens is 698 g/mol. The number of benzene rings is 2. The Balaban J connectivity index is -0.000000526. The fourth-order valence-corrected chi connectivity index (χ4v) is 1.53. The average molecular weight is 727 g/mol. The Morgan fingerprint density at radius 2 is 0.851 bits per heavy atom. The summed E-state index contributed by atoms with van der Waals surface area (Å²) >= 11 is 4.87. The standard InChI is InChI=1S/C10H11NO.C6H7N.C4H5ClO.2C4H3F7/c1-8(2)10(12)11-9-6-4-3-5-7-9;7-6-4-2-1-3-5-6;1-3(2)4(5)6;2*1-2(5,3(6,7)8)4(9,10)11/h3-7H,1H2,2H3,(H,11,12);1-5H,7H2;1H2,2H3;2*1H3. The highest BCUT2D eigenvalue weighted by molar-refractivity contribution is 6.67. The highest BCUT2D eigenvalue weighted by atomic mass is 35.5. The van der Waals surface area contributed by atoms with Crippen LogP contribution in [0.2, 0.25) is 0 Å². The number of para-hydroxylation sites is 2. The van der Waals surface area contributed by atoms with Crippen LogP contribution in [-0.4, -0.2) is 47.2 Å². The molecule has 4 nitrogen and oxygen atoms in total. The lowest BCUT2D eigenvalue weighted by Gasteiger charge is -2.25. The van der Waals surface area contributed by atoms with E-state index in [-0.39, 0.29) is 5.91 Å². The number of anilines is 2. The summed E-state index contributed by atoms with van der Waals surface area (Å²) < 4.78 is 159. The Bertz CT molecular complexity index is 1170. The average Bonchev–Trinajstić information content (AvgIpc) is 2.88. The Morgan fingerprint density at radius 3 is 1.00 bits per heavy atom. The molecule has 2 rings (SSSR count). The van der Waals surface area contributed by atoms with E-state index >= 15 is 0 Å². The quantitative estimate of drug-likeness (QED) is 0.143. The van der Waals surface area contributed by atoms with E-state index in [1.807, 2.05) is 60.7 Å². The minimum atomic E-state index is -5.91. The lowest BCUT2D eigenvalue weighted by atomic mass is 10.1. The third-order valence-corrected chi connectivity index (χ3v) is 5.01. The van der Waals surface area contributed by atoms with Crippen LogP contribution in [0.1, 0.15) is 27.7 Å². The van der Waals surface area contributed by atoms with Crippen molar-refractivity contribution >= 4 is 34.1 Å². The summed E-state index contributed by atoms with van der Waals surface area (Å²) in [6, 6.07) is 18.8. The van der Waals surface area contributed by atoms with Crippen molar-refractivity contribution < 1.29 is 71.1 Å². The molecule has 0 aliphatic rings. The lowest BCUT2D eigenvalue weighted by molar-refractivity contribution is -0.335. The molecule has 0 radical (unpaired) electrons. The number of carbonyl (C=O) groups is 2. The summed E-state index contributed by atoms with van der Waals surface area (Å²) in [6.45, 7) is 8.93. The first-order chi connectivity index (χ1) is 20.7. The van der Waals surface area contributed by atoms with E-state index in [1.54, 1.807) is 13.8 Å². The van der Waals surface area contributed by atoms with Crippen molar-refractivity contribution in [2.75, 3.05) is 11.1 Å². The van der Waals surface area contributed by atoms with E-state index in [0.717, 1.165) is 11.4 Å². The number of halogens is 15. The van der Waals surface area contributed by atoms with Crippen molar-refractivity contribution in [1.29, 1.82) is 0 Å². The Kier molecular flexibility index (Phi) is 19.3. The molecular formula is C28H29ClF14N2O2. The molecule has 0 aliphatic carbocycles. The number of hydrogen-bond acceptors (Lipinski definition) is 3. The van der Waals surface area contributed by atoms with Crippen LogP contribution in [0.5, 0.6) is 0 Å². The van der Waals surface area contributed by atoms with Gasteiger partial charge < -0.3 is 11.1 Å². The van der Waals surface area contributed by atoms with Crippen LogP contribution in [0.15, 0.2) is 85.0 Å². The van der Waals surface area contributed by atoms with E-state index in [1.165, 1.54) is 0 Å². The van der Waals surface area contributed by atoms with Crippen LogP contribution in [0.3, 0.4) is 0 Å². The largest absolute Gasteiger partial charge is 0.431 e. The molecule has 0 atom stereocenters. The molecule has 3 N–H and O–H groups in total. The maximum Gasteiger partial charge on any atom is 0.431 e. The maximum absolute atomic E-state index is 11.9. The van der Waals surface area contributed by atoms with Crippen LogP contribution in [0.4, 0.5) is 72.8 Å². The van der Waals surface area contributed by atoms with Gasteiger partial charge in [-0.25, -0.2) is 8.78 Å². The highest BCUT2D eigenvalue weighted by Crippen LogP contribution is 2.46. The Labute approximate surface area is 265 Å². The highest BCUT2D eigenvalue weighted by Gasteiger charge is 2.70. The van der Waals surface area contributed by atoms with Crippen LogP contribution in [0, 0.1) is 0 Å². The monoisotopic (exact) mass is 726 g/mol. The summed E-state index contributed by atoms with van der Waals surface area (Å²) in [6.07, 6.45) is -23.6. The molecule has 0 bridgehead atoms. The first-order valence-electron chi connectivity index (χ1n) is 12.1. The number of amides is 1. The number of hydrogen-bond donors (Lipinski definition) is 2. The van der Waals surface area contributed by atoms with Gasteiger partial charge in [-0.15, -0.1) is 0 Å². The summed E-state index contributed by atoms with van der Waals surface area (Å²) in [5, 5.41) is 2.24. The zero-order valence-corrected chi connectivity index (χ0v) is 25.5. The van der Waals surface area contributed by atoms with Crippen molar-refractivity contribution in [3.63, 3.8) is 0 Å². The van der Waals surface area contributed by atoms with Gasteiger partial charge in [0.25, 0.3) is 17.2 Å². The summed E-state index contributed by atoms with van der Waals surface area (Å²) in [7, 11) is 0. The van der Waals surface area contributed by atoms with Crippen molar-refractivity contribution in [3.05, 3.63) is 85.0 Å². The van der Waals surface area contributed by atoms with Crippen molar-refractivity contribution in [3.8, 4) is 0 Å². The van der Waals surface area contributed by atoms with Gasteiger partial charge in [0, 0.05) is 22.5 Å². The molecule has 0 aromatic heterocycles. The second-order valence-corrected chi connectivity index (χ2v) is 9.41. The summed E-state index contributed by atoms with van der Waals surface area (Å²) in [5.74, 6) is -0.138. The number of nitrogens with one attached hydrogen (secondary N) is 1. The molecule has 0 heterocycles. The number of alkyl halides is 14. The van der Waals surface area contributed by atoms with Crippen LogP contribution in [-0.2, 0) is 9.59 Å². The van der Waals surface area contributed by atoms with Crippen LogP contribution < -0.4 is 11.1 Å². The molecule has 2 aromatic carbocycles. The predicted octanol–water partition coefficient (Wildman–Crippen LogP) is 10.5. The minimum Gasteiger partial charge on any atom is -0.399 e. The minimum absolute atomic E-state index is 0.138. The topological polar surface area (TPSA) is 72.2 Å². The van der Waals surface area contributed by atoms with E-state index < -0.39 is 55.1 Å². The molecule has 0 aliphatic heterocycles. The van der Waals surface area contributed by atoms with Gasteiger partial charge in [0.05, 0.1) is 0 Å². The van der Waals surface area contributed by atoms with Crippen molar-refractivity contribution in [1.82, 2.24) is 0 Å². The van der Waals surface area contributed by atoms with Crippen LogP contribution >= 0.6 is 11.6 Å². The number of rotatable bonds is 3. The zero-order valence-electron chi connectivity index (χ0n) is 24.8. The smallest absolute Gasteiger partial charge is 0.399 e. The lowest BCUT2D eigenvalue weighted by Crippen LogP contribution is -2.50. The normalized spacial score (nSPS) is 11.7. The van der Waals surface area contributed by atoms with Gasteiger partial charge in [-0.05, 0) is 63.6 Å². The molecule has 0 saturated carbocycles. The molecule has 268 valence electrons. The molecule has 0 spiro atoms. The maximum atomic E-state index is 11.9. The zero-order chi connectivity index (χ0) is 38.2. The molecule has 1 amide bonds. The van der Waals surface area contributed by atoms with E-state index in [9.17, 15) is 71.1 Å². The van der Waals surface area contributed by atoms with Gasteiger partial charge in [-0.3, -0.25) is 9.59 Å². The Morgan fingerprint density at radius 1 is 0.596 bits per heavy atom. The van der Waals surface area contributed by atoms with Crippen molar-refractivity contribution in [2.24, 2.45) is 0 Å². The second kappa shape index (κ2) is 19.1. The molecule has 2 aromatic rings. The summed E-state index contributed by atoms with van der Waals surface area (Å²) in [5.41, 5.74) is -2.38. The third kappa shape index (κ3) is 18.8. The first-order valence-corrected chi connectivity index (χ1v) is 12.4. The molecule has 0 fully saturated rings. The predicted molar refractivity (Wildman–Crippen MR) is 150 cm³/mol. The third-order valence-electron chi connectivity index (χ3n) is 4.68. The van der Waals surface area contributed by atoms with E-state index in [0.29, 0.717) is 11.1 Å². The number of carbonyl (C=O) groups excluding carboxylic acids is 2. The molecule has 0 saturated heterocycles. The first kappa shape index (κ1) is 47.6. The fraction of sp³-hybridized carbons (Fsp3) is 0.357. The van der Waals surface area contributed by atoms with E-state index in [4.69, 9.17) is 17.3 Å². The van der Waals surface area contributed by atoms with Gasteiger partial charge in [-0.1, -0.05) is 49.6 Å². The molecule has 47 heavy (non-hydrogen) atoms. The number of nitrogens with two attached hydrogens (primary N) is 1. The molecule has 0 unspecified atom stereocenters. The Hall–Kier alpha value is -3.83. The van der Waals surface area contributed by atoms with Gasteiger partial charge in [-0.2, -0.15) is 52.7 Å². The number of nitrogen functional groups attached to an aromatic ring is 1. The van der Waals surface area contributed by atoms with Crippen LogP contribution in [0.25, 0.3) is 0 Å². The number of allylic oxidation sites excluding steroid dienone is 1.